The predicted octanol–water partition coefficient (Wildman–Crippen LogP) is 4.24. The average Bonchev–Trinajstić information content (AvgIpc) is 3.19. The zero-order valence-electron chi connectivity index (χ0n) is 14.6. The summed E-state index contributed by atoms with van der Waals surface area (Å²) < 4.78 is 34.7. The van der Waals surface area contributed by atoms with E-state index in [2.05, 4.69) is 17.0 Å². The molecule has 2 fully saturated rings. The summed E-state index contributed by atoms with van der Waals surface area (Å²) in [5, 5.41) is 3.07. The lowest BCUT2D eigenvalue weighted by Crippen LogP contribution is -2.40. The molecular formula is C19H25F2NO3. The van der Waals surface area contributed by atoms with Crippen LogP contribution in [-0.4, -0.2) is 25.2 Å². The summed E-state index contributed by atoms with van der Waals surface area (Å²) >= 11 is 0. The van der Waals surface area contributed by atoms with Crippen molar-refractivity contribution in [3.63, 3.8) is 0 Å². The maximum absolute atomic E-state index is 12.6. The van der Waals surface area contributed by atoms with Gasteiger partial charge >= 0.3 is 6.61 Å². The van der Waals surface area contributed by atoms with Crippen LogP contribution in [0.4, 0.5) is 8.78 Å². The fourth-order valence-electron chi connectivity index (χ4n) is 4.41. The van der Waals surface area contributed by atoms with Gasteiger partial charge in [-0.3, -0.25) is 4.79 Å². The minimum atomic E-state index is -2.93. The van der Waals surface area contributed by atoms with Gasteiger partial charge in [0.2, 0.25) is 0 Å². The van der Waals surface area contributed by atoms with Gasteiger partial charge in [-0.2, -0.15) is 8.78 Å². The van der Waals surface area contributed by atoms with Crippen molar-refractivity contribution in [1.82, 2.24) is 5.32 Å². The molecule has 1 aromatic carbocycles. The summed E-state index contributed by atoms with van der Waals surface area (Å²) in [4.78, 5) is 12.6. The highest BCUT2D eigenvalue weighted by Gasteiger charge is 2.42. The summed E-state index contributed by atoms with van der Waals surface area (Å²) in [5.41, 5.74) is 0.389. The van der Waals surface area contributed by atoms with Gasteiger partial charge in [-0.1, -0.05) is 6.42 Å². The van der Waals surface area contributed by atoms with E-state index in [0.29, 0.717) is 18.1 Å². The monoisotopic (exact) mass is 353 g/mol. The molecule has 2 bridgehead atoms. The Hall–Kier alpha value is -1.85. The topological polar surface area (TPSA) is 47.6 Å². The number of rotatable bonds is 7. The summed E-state index contributed by atoms with van der Waals surface area (Å²) in [6.45, 7) is 1.17. The van der Waals surface area contributed by atoms with Crippen LogP contribution in [0.5, 0.6) is 11.5 Å². The molecule has 2 saturated carbocycles. The van der Waals surface area contributed by atoms with Crippen LogP contribution in [-0.2, 0) is 0 Å². The first-order valence-corrected chi connectivity index (χ1v) is 9.00. The molecule has 3 rings (SSSR count). The fraction of sp³-hybridized carbons (Fsp3) is 0.632. The number of fused-ring (bicyclic) bond motifs is 2. The highest BCUT2D eigenvalue weighted by molar-refractivity contribution is 5.95. The van der Waals surface area contributed by atoms with Gasteiger partial charge in [-0.25, -0.2) is 0 Å². The highest BCUT2D eigenvalue weighted by atomic mass is 19.3. The molecular weight excluding hydrogens is 328 g/mol. The molecule has 25 heavy (non-hydrogen) atoms. The maximum atomic E-state index is 12.6. The maximum Gasteiger partial charge on any atom is 0.387 e. The van der Waals surface area contributed by atoms with Crippen LogP contribution in [0.25, 0.3) is 0 Å². The molecule has 0 radical (unpaired) electrons. The number of hydrogen-bond donors (Lipinski definition) is 1. The van der Waals surface area contributed by atoms with Gasteiger partial charge in [0, 0.05) is 11.6 Å². The zero-order chi connectivity index (χ0) is 18.0. The second-order valence-electron chi connectivity index (χ2n) is 7.07. The fourth-order valence-corrected chi connectivity index (χ4v) is 4.41. The van der Waals surface area contributed by atoms with Crippen molar-refractivity contribution < 1.29 is 23.0 Å². The number of benzene rings is 1. The van der Waals surface area contributed by atoms with Crippen molar-refractivity contribution in [1.29, 1.82) is 0 Å². The quantitative estimate of drug-likeness (QED) is 0.797. The van der Waals surface area contributed by atoms with Crippen LogP contribution in [0.15, 0.2) is 18.2 Å². The Morgan fingerprint density at radius 2 is 2.08 bits per heavy atom. The van der Waals surface area contributed by atoms with Gasteiger partial charge in [0.15, 0.2) is 11.5 Å². The summed E-state index contributed by atoms with van der Waals surface area (Å²) in [6.07, 6.45) is 5.07. The first kappa shape index (κ1) is 18.0. The van der Waals surface area contributed by atoms with Gasteiger partial charge < -0.3 is 14.8 Å². The lowest BCUT2D eigenvalue weighted by atomic mass is 9.84. The van der Waals surface area contributed by atoms with Crippen LogP contribution in [0.3, 0.4) is 0 Å². The molecule has 1 amide bonds. The molecule has 2 aliphatic rings. The summed E-state index contributed by atoms with van der Waals surface area (Å²) in [5.74, 6) is 1.97. The molecule has 1 N–H and O–H groups in total. The number of hydrogen-bond acceptors (Lipinski definition) is 3. The molecule has 0 saturated heterocycles. The number of amides is 1. The van der Waals surface area contributed by atoms with Gasteiger partial charge in [-0.15, -0.1) is 0 Å². The Morgan fingerprint density at radius 3 is 2.68 bits per heavy atom. The van der Waals surface area contributed by atoms with Crippen LogP contribution < -0.4 is 14.8 Å². The molecule has 1 aromatic rings. The largest absolute Gasteiger partial charge is 0.490 e. The molecule has 4 unspecified atom stereocenters. The average molecular weight is 353 g/mol. The van der Waals surface area contributed by atoms with Crippen LogP contribution in [0.2, 0.25) is 0 Å². The number of nitrogens with one attached hydrogen (secondary N) is 1. The van der Waals surface area contributed by atoms with Crippen LogP contribution in [0.1, 0.15) is 49.9 Å². The van der Waals surface area contributed by atoms with Crippen molar-refractivity contribution in [2.45, 2.75) is 52.2 Å². The summed E-state index contributed by atoms with van der Waals surface area (Å²) in [7, 11) is 0. The smallest absolute Gasteiger partial charge is 0.387 e. The molecule has 0 heterocycles. The standard InChI is InChI=1S/C19H25F2NO3/c1-3-24-17-10-14(6-7-16(17)25-19(20)21)18(23)22-11(2)15-9-12-4-5-13(15)8-12/h6-7,10-13,15,19H,3-5,8-9H2,1-2H3,(H,22,23). The van der Waals surface area contributed by atoms with Gasteiger partial charge in [-0.05, 0) is 69.1 Å². The number of alkyl halides is 2. The highest BCUT2D eigenvalue weighted by Crippen LogP contribution is 2.49. The van der Waals surface area contributed by atoms with Gasteiger partial charge in [0.05, 0.1) is 6.61 Å². The van der Waals surface area contributed by atoms with E-state index in [0.717, 1.165) is 11.8 Å². The minimum absolute atomic E-state index is 0.0606. The summed E-state index contributed by atoms with van der Waals surface area (Å²) in [6, 6.07) is 4.41. The molecule has 2 aliphatic carbocycles. The predicted molar refractivity (Wildman–Crippen MR) is 90.1 cm³/mol. The molecule has 0 spiro atoms. The van der Waals surface area contributed by atoms with Crippen molar-refractivity contribution in [2.75, 3.05) is 6.61 Å². The number of halogens is 2. The lowest BCUT2D eigenvalue weighted by Gasteiger charge is -2.28. The lowest BCUT2D eigenvalue weighted by molar-refractivity contribution is -0.0514. The molecule has 4 nitrogen and oxygen atoms in total. The Morgan fingerprint density at radius 1 is 1.28 bits per heavy atom. The normalized spacial score (nSPS) is 25.9. The van der Waals surface area contributed by atoms with E-state index >= 15 is 0 Å². The van der Waals surface area contributed by atoms with E-state index < -0.39 is 6.61 Å². The molecule has 0 aliphatic heterocycles. The van der Waals surface area contributed by atoms with Crippen molar-refractivity contribution >= 4 is 5.91 Å². The van der Waals surface area contributed by atoms with E-state index in [4.69, 9.17) is 4.74 Å². The van der Waals surface area contributed by atoms with Crippen molar-refractivity contribution in [2.24, 2.45) is 17.8 Å². The molecule has 6 heteroatoms. The van der Waals surface area contributed by atoms with Crippen LogP contribution in [0, 0.1) is 17.8 Å². The van der Waals surface area contributed by atoms with Crippen molar-refractivity contribution in [3.05, 3.63) is 23.8 Å². The third kappa shape index (κ3) is 4.05. The molecule has 4 atom stereocenters. The van der Waals surface area contributed by atoms with E-state index in [1.807, 2.05) is 0 Å². The first-order valence-electron chi connectivity index (χ1n) is 9.00. The Balaban J connectivity index is 1.67. The van der Waals surface area contributed by atoms with Crippen LogP contribution >= 0.6 is 0 Å². The minimum Gasteiger partial charge on any atom is -0.490 e. The Bertz CT molecular complexity index is 623. The van der Waals surface area contributed by atoms with E-state index in [9.17, 15) is 13.6 Å². The van der Waals surface area contributed by atoms with Gasteiger partial charge in [0.25, 0.3) is 5.91 Å². The van der Waals surface area contributed by atoms with E-state index in [1.165, 1.54) is 43.9 Å². The number of ether oxygens (including phenoxy) is 2. The molecule has 138 valence electrons. The number of carbonyl (C=O) groups excluding carboxylic acids is 1. The zero-order valence-corrected chi connectivity index (χ0v) is 14.6. The Labute approximate surface area is 146 Å². The van der Waals surface area contributed by atoms with E-state index in [1.54, 1.807) is 6.92 Å². The number of carbonyl (C=O) groups is 1. The van der Waals surface area contributed by atoms with Gasteiger partial charge in [0.1, 0.15) is 0 Å². The second-order valence-corrected chi connectivity index (χ2v) is 7.07. The SMILES string of the molecule is CCOc1cc(C(=O)NC(C)C2CC3CCC2C3)ccc1OC(F)F. The third-order valence-corrected chi connectivity index (χ3v) is 5.52. The second kappa shape index (κ2) is 7.58. The first-order chi connectivity index (χ1) is 12.0. The van der Waals surface area contributed by atoms with E-state index in [-0.39, 0.29) is 23.4 Å². The van der Waals surface area contributed by atoms with Crippen molar-refractivity contribution in [3.8, 4) is 11.5 Å². The molecule has 0 aromatic heterocycles. The Kier molecular flexibility index (Phi) is 5.45. The third-order valence-electron chi connectivity index (χ3n) is 5.52.